The fourth-order valence-electron chi connectivity index (χ4n) is 0.600. The summed E-state index contributed by atoms with van der Waals surface area (Å²) in [6, 6.07) is 0. The lowest BCUT2D eigenvalue weighted by molar-refractivity contribution is 0.307. The zero-order chi connectivity index (χ0) is 7.40. The number of imidazole rings is 1. The summed E-state index contributed by atoms with van der Waals surface area (Å²) in [6.45, 7) is 2.72. The highest BCUT2D eigenvalue weighted by Crippen LogP contribution is 2.06. The number of hydrogen-bond acceptors (Lipinski definition) is 3. The fraction of sp³-hybridized carbons (Fsp3) is 0.500. The Hall–Kier alpha value is -1.19. The summed E-state index contributed by atoms with van der Waals surface area (Å²) in [6.07, 6.45) is 2.62. The Labute approximate surface area is 59.4 Å². The van der Waals surface area contributed by atoms with Gasteiger partial charge in [-0.15, -0.1) is 0 Å². The van der Waals surface area contributed by atoms with Crippen LogP contribution < -0.4 is 10.5 Å². The molecule has 4 nitrogen and oxygen atoms in total. The van der Waals surface area contributed by atoms with Crippen LogP contribution in [-0.2, 0) is 0 Å². The summed E-state index contributed by atoms with van der Waals surface area (Å²) >= 11 is 0. The maximum atomic E-state index is 5.30. The zero-order valence-electron chi connectivity index (χ0n) is 5.92. The van der Waals surface area contributed by atoms with Crippen LogP contribution in [0.1, 0.15) is 13.3 Å². The van der Waals surface area contributed by atoms with Crippen molar-refractivity contribution in [2.24, 2.45) is 0 Å². The first-order valence-electron chi connectivity index (χ1n) is 3.26. The summed E-state index contributed by atoms with van der Waals surface area (Å²) in [5, 5.41) is 0. The second-order valence-corrected chi connectivity index (χ2v) is 1.97. The van der Waals surface area contributed by atoms with E-state index in [1.807, 2.05) is 6.92 Å². The van der Waals surface area contributed by atoms with Crippen molar-refractivity contribution in [3.8, 4) is 5.88 Å². The molecule has 56 valence electrons. The highest BCUT2D eigenvalue weighted by molar-refractivity contribution is 5.21. The lowest BCUT2D eigenvalue weighted by Crippen LogP contribution is -1.95. The first kappa shape index (κ1) is 6.92. The minimum absolute atomic E-state index is 0.395. The standard InChI is InChI=1S/C6H11N3O/c1-2-3-10-5-4-8-6(7)9-5/h4H,2-3H2,1H3,(H3,7,8,9). The van der Waals surface area contributed by atoms with Gasteiger partial charge in [0, 0.05) is 0 Å². The van der Waals surface area contributed by atoms with E-state index in [2.05, 4.69) is 9.97 Å². The summed E-state index contributed by atoms with van der Waals surface area (Å²) < 4.78 is 5.15. The molecule has 1 aromatic rings. The molecule has 0 atom stereocenters. The SMILES string of the molecule is CCCOc1c[nH]c(N)n1. The van der Waals surface area contributed by atoms with Crippen LogP contribution in [0.4, 0.5) is 5.95 Å². The van der Waals surface area contributed by atoms with E-state index in [-0.39, 0.29) is 0 Å². The third-order valence-electron chi connectivity index (χ3n) is 1.03. The first-order chi connectivity index (χ1) is 4.83. The minimum atomic E-state index is 0.395. The van der Waals surface area contributed by atoms with Crippen LogP contribution in [0.5, 0.6) is 5.88 Å². The van der Waals surface area contributed by atoms with Crippen molar-refractivity contribution in [3.63, 3.8) is 0 Å². The van der Waals surface area contributed by atoms with Crippen molar-refractivity contribution in [1.82, 2.24) is 9.97 Å². The zero-order valence-corrected chi connectivity index (χ0v) is 5.92. The Bertz CT molecular complexity index is 197. The summed E-state index contributed by atoms with van der Waals surface area (Å²) in [5.74, 6) is 0.963. The van der Waals surface area contributed by atoms with Crippen LogP contribution in [0, 0.1) is 0 Å². The normalized spacial score (nSPS) is 9.70. The van der Waals surface area contributed by atoms with E-state index in [1.165, 1.54) is 0 Å². The summed E-state index contributed by atoms with van der Waals surface area (Å²) in [4.78, 5) is 6.57. The summed E-state index contributed by atoms with van der Waals surface area (Å²) in [5.41, 5.74) is 5.30. The van der Waals surface area contributed by atoms with Gasteiger partial charge in [-0.05, 0) is 6.42 Å². The van der Waals surface area contributed by atoms with Gasteiger partial charge in [0.25, 0.3) is 0 Å². The fourth-order valence-corrected chi connectivity index (χ4v) is 0.600. The average molecular weight is 141 g/mol. The molecule has 0 saturated heterocycles. The Balaban J connectivity index is 2.42. The summed E-state index contributed by atoms with van der Waals surface area (Å²) in [7, 11) is 0. The molecule has 0 aliphatic carbocycles. The number of rotatable bonds is 3. The Morgan fingerprint density at radius 1 is 1.80 bits per heavy atom. The van der Waals surface area contributed by atoms with Crippen LogP contribution in [0.2, 0.25) is 0 Å². The van der Waals surface area contributed by atoms with Crippen molar-refractivity contribution in [3.05, 3.63) is 6.20 Å². The van der Waals surface area contributed by atoms with E-state index < -0.39 is 0 Å². The molecule has 0 aliphatic heterocycles. The van der Waals surface area contributed by atoms with Gasteiger partial charge in [-0.2, -0.15) is 4.98 Å². The number of nitrogen functional groups attached to an aromatic ring is 1. The van der Waals surface area contributed by atoms with E-state index in [9.17, 15) is 0 Å². The molecule has 1 aromatic heterocycles. The second-order valence-electron chi connectivity index (χ2n) is 1.97. The van der Waals surface area contributed by atoms with Crippen LogP contribution in [-0.4, -0.2) is 16.6 Å². The Kier molecular flexibility index (Phi) is 2.15. The molecule has 0 amide bonds. The maximum absolute atomic E-state index is 5.30. The van der Waals surface area contributed by atoms with Gasteiger partial charge < -0.3 is 15.5 Å². The molecule has 0 aliphatic rings. The van der Waals surface area contributed by atoms with E-state index in [1.54, 1.807) is 6.20 Å². The third-order valence-corrected chi connectivity index (χ3v) is 1.03. The van der Waals surface area contributed by atoms with Crippen molar-refractivity contribution in [2.45, 2.75) is 13.3 Å². The molecule has 0 fully saturated rings. The Morgan fingerprint density at radius 3 is 3.10 bits per heavy atom. The molecule has 10 heavy (non-hydrogen) atoms. The molecular weight excluding hydrogens is 130 g/mol. The molecule has 1 rings (SSSR count). The van der Waals surface area contributed by atoms with Gasteiger partial charge in [0.05, 0.1) is 12.8 Å². The lowest BCUT2D eigenvalue weighted by Gasteiger charge is -1.96. The number of ether oxygens (including phenoxy) is 1. The maximum Gasteiger partial charge on any atom is 0.233 e. The van der Waals surface area contributed by atoms with E-state index >= 15 is 0 Å². The molecule has 0 unspecified atom stereocenters. The predicted molar refractivity (Wildman–Crippen MR) is 38.8 cm³/mol. The van der Waals surface area contributed by atoms with Gasteiger partial charge in [0.1, 0.15) is 0 Å². The molecule has 0 radical (unpaired) electrons. The molecular formula is C6H11N3O. The van der Waals surface area contributed by atoms with Gasteiger partial charge in [-0.3, -0.25) is 0 Å². The van der Waals surface area contributed by atoms with Gasteiger partial charge in [-0.1, -0.05) is 6.92 Å². The lowest BCUT2D eigenvalue weighted by atomic mass is 10.5. The quantitative estimate of drug-likeness (QED) is 0.653. The largest absolute Gasteiger partial charge is 0.477 e. The molecule has 0 aromatic carbocycles. The first-order valence-corrected chi connectivity index (χ1v) is 3.26. The smallest absolute Gasteiger partial charge is 0.233 e. The van der Waals surface area contributed by atoms with Crippen LogP contribution in [0.25, 0.3) is 0 Å². The topological polar surface area (TPSA) is 63.9 Å². The average Bonchev–Trinajstić information content (AvgIpc) is 2.31. The number of H-pyrrole nitrogens is 1. The second kappa shape index (κ2) is 3.10. The Morgan fingerprint density at radius 2 is 2.60 bits per heavy atom. The molecule has 0 bridgehead atoms. The van der Waals surface area contributed by atoms with Gasteiger partial charge in [0.15, 0.2) is 0 Å². The highest BCUT2D eigenvalue weighted by atomic mass is 16.5. The van der Waals surface area contributed by atoms with Crippen molar-refractivity contribution in [1.29, 1.82) is 0 Å². The van der Waals surface area contributed by atoms with Crippen LogP contribution in [0.3, 0.4) is 0 Å². The van der Waals surface area contributed by atoms with Crippen molar-refractivity contribution < 1.29 is 4.74 Å². The van der Waals surface area contributed by atoms with E-state index in [0.29, 0.717) is 18.4 Å². The molecule has 3 N–H and O–H groups in total. The molecule has 4 heteroatoms. The number of nitrogens with zero attached hydrogens (tertiary/aromatic N) is 1. The molecule has 1 heterocycles. The number of nitrogens with one attached hydrogen (secondary N) is 1. The number of aromatic amines is 1. The van der Waals surface area contributed by atoms with E-state index in [4.69, 9.17) is 10.5 Å². The number of aromatic nitrogens is 2. The molecule has 0 saturated carbocycles. The van der Waals surface area contributed by atoms with Gasteiger partial charge >= 0.3 is 0 Å². The van der Waals surface area contributed by atoms with Crippen LogP contribution in [0.15, 0.2) is 6.20 Å². The van der Waals surface area contributed by atoms with Gasteiger partial charge in [0.2, 0.25) is 11.8 Å². The van der Waals surface area contributed by atoms with Crippen LogP contribution >= 0.6 is 0 Å². The number of anilines is 1. The molecule has 0 spiro atoms. The van der Waals surface area contributed by atoms with Crippen molar-refractivity contribution in [2.75, 3.05) is 12.3 Å². The third kappa shape index (κ3) is 1.65. The van der Waals surface area contributed by atoms with Gasteiger partial charge in [-0.25, -0.2) is 0 Å². The number of nitrogens with two attached hydrogens (primary N) is 1. The van der Waals surface area contributed by atoms with E-state index in [0.717, 1.165) is 6.42 Å². The van der Waals surface area contributed by atoms with Crippen molar-refractivity contribution >= 4 is 5.95 Å². The minimum Gasteiger partial charge on any atom is -0.477 e. The predicted octanol–water partition coefficient (Wildman–Crippen LogP) is 0.781. The monoisotopic (exact) mass is 141 g/mol. The number of hydrogen-bond donors (Lipinski definition) is 2. The highest BCUT2D eigenvalue weighted by Gasteiger charge is 1.95.